The van der Waals surface area contributed by atoms with Crippen LogP contribution in [0.3, 0.4) is 0 Å². The van der Waals surface area contributed by atoms with Crippen molar-refractivity contribution in [3.63, 3.8) is 0 Å². The Morgan fingerprint density at radius 3 is 2.57 bits per heavy atom. The largest absolute Gasteiger partial charge is 0.477 e. The molecule has 0 saturated carbocycles. The number of aromatic carboxylic acids is 1. The molecule has 0 bridgehead atoms. The number of nitrogens with zero attached hydrogens (tertiary/aromatic N) is 1. The van der Waals surface area contributed by atoms with Gasteiger partial charge in [0.2, 0.25) is 0 Å². The van der Waals surface area contributed by atoms with E-state index in [1.807, 2.05) is 0 Å². The van der Waals surface area contributed by atoms with Gasteiger partial charge in [-0.1, -0.05) is 6.07 Å². The zero-order valence-corrected chi connectivity index (χ0v) is 11.0. The molecule has 0 fully saturated rings. The van der Waals surface area contributed by atoms with Crippen LogP contribution in [0.5, 0.6) is 0 Å². The van der Waals surface area contributed by atoms with Crippen LogP contribution in [-0.4, -0.2) is 28.1 Å². The van der Waals surface area contributed by atoms with Crippen LogP contribution in [0, 0.1) is 0 Å². The van der Waals surface area contributed by atoms with Gasteiger partial charge in [0.15, 0.2) is 0 Å². The fraction of sp³-hybridized carbons (Fsp3) is 0.0833. The highest BCUT2D eigenvalue weighted by Gasteiger charge is 2.39. The maximum atomic E-state index is 12.2. The van der Waals surface area contributed by atoms with Crippen LogP contribution in [0.15, 0.2) is 30.6 Å². The van der Waals surface area contributed by atoms with Crippen molar-refractivity contribution in [3.8, 4) is 10.4 Å². The Bertz CT molecular complexity index is 683. The molecule has 0 aliphatic heterocycles. The highest BCUT2D eigenvalue weighted by atomic mass is 32.1. The number of carbonyl (C=O) groups is 2. The Balaban J connectivity index is 2.39. The van der Waals surface area contributed by atoms with Gasteiger partial charge < -0.3 is 10.4 Å². The summed E-state index contributed by atoms with van der Waals surface area (Å²) in [7, 11) is 0. The van der Waals surface area contributed by atoms with E-state index in [2.05, 4.69) is 4.98 Å². The van der Waals surface area contributed by atoms with Crippen LogP contribution in [0.25, 0.3) is 10.4 Å². The summed E-state index contributed by atoms with van der Waals surface area (Å²) in [6, 6.07) is 4.40. The third-order valence-electron chi connectivity index (χ3n) is 2.38. The highest BCUT2D eigenvalue weighted by molar-refractivity contribution is 7.18. The molecular weight excluding hydrogens is 309 g/mol. The second kappa shape index (κ2) is 5.52. The molecule has 1 amide bonds. The zero-order chi connectivity index (χ0) is 15.6. The summed E-state index contributed by atoms with van der Waals surface area (Å²) < 4.78 is 36.7. The second-order valence-corrected chi connectivity index (χ2v) is 4.90. The van der Waals surface area contributed by atoms with E-state index < -0.39 is 23.7 Å². The molecule has 0 atom stereocenters. The molecule has 110 valence electrons. The molecule has 0 aliphatic rings. The minimum Gasteiger partial charge on any atom is -0.477 e. The molecule has 21 heavy (non-hydrogen) atoms. The molecule has 5 nitrogen and oxygen atoms in total. The number of nitrogens with one attached hydrogen (secondary N) is 1. The van der Waals surface area contributed by atoms with Crippen molar-refractivity contribution >= 4 is 28.9 Å². The number of amides is 1. The van der Waals surface area contributed by atoms with Crippen molar-refractivity contribution in [2.75, 3.05) is 5.32 Å². The smallest absolute Gasteiger partial charge is 0.471 e. The molecule has 0 spiro atoms. The number of thiophene rings is 1. The molecular formula is C12H7F3N2O3S. The average Bonchev–Trinajstić information content (AvgIpc) is 2.83. The lowest BCUT2D eigenvalue weighted by molar-refractivity contribution is -0.167. The van der Waals surface area contributed by atoms with Gasteiger partial charge in [0.05, 0.1) is 5.69 Å². The Hall–Kier alpha value is -2.42. The Labute approximate surface area is 120 Å². The van der Waals surface area contributed by atoms with E-state index in [0.29, 0.717) is 10.4 Å². The zero-order valence-electron chi connectivity index (χ0n) is 10.1. The third kappa shape index (κ3) is 3.37. The summed E-state index contributed by atoms with van der Waals surface area (Å²) in [5.41, 5.74) is 0.145. The van der Waals surface area contributed by atoms with E-state index in [1.54, 1.807) is 17.4 Å². The lowest BCUT2D eigenvalue weighted by Crippen LogP contribution is -2.30. The summed E-state index contributed by atoms with van der Waals surface area (Å²) in [5.74, 6) is -3.65. The van der Waals surface area contributed by atoms with E-state index in [0.717, 1.165) is 11.3 Å². The minimum atomic E-state index is -5.09. The molecule has 0 unspecified atom stereocenters. The molecule has 0 saturated heterocycles. The van der Waals surface area contributed by atoms with Crippen LogP contribution in [-0.2, 0) is 4.79 Å². The Morgan fingerprint density at radius 1 is 1.33 bits per heavy atom. The number of hydrogen-bond acceptors (Lipinski definition) is 4. The SMILES string of the molecule is O=C(O)c1sc(-c2cccnc2)cc1NC(=O)C(F)(F)F. The first-order valence-corrected chi connectivity index (χ1v) is 6.26. The number of hydrogen-bond donors (Lipinski definition) is 2. The van der Waals surface area contributed by atoms with Crippen LogP contribution in [0.4, 0.5) is 18.9 Å². The Morgan fingerprint density at radius 2 is 2.05 bits per heavy atom. The number of carboxylic acids is 1. The lowest BCUT2D eigenvalue weighted by Gasteiger charge is -2.06. The lowest BCUT2D eigenvalue weighted by atomic mass is 10.2. The van der Waals surface area contributed by atoms with Crippen molar-refractivity contribution < 1.29 is 27.9 Å². The van der Waals surface area contributed by atoms with E-state index in [9.17, 15) is 22.8 Å². The van der Waals surface area contributed by atoms with Crippen molar-refractivity contribution in [1.29, 1.82) is 0 Å². The normalized spacial score (nSPS) is 11.2. The first kappa shape index (κ1) is 15.0. The van der Waals surface area contributed by atoms with Crippen LogP contribution < -0.4 is 5.32 Å². The van der Waals surface area contributed by atoms with E-state index in [4.69, 9.17) is 5.11 Å². The second-order valence-electron chi connectivity index (χ2n) is 3.85. The summed E-state index contributed by atoms with van der Waals surface area (Å²) >= 11 is 0.752. The van der Waals surface area contributed by atoms with Gasteiger partial charge in [-0.25, -0.2) is 4.79 Å². The molecule has 0 radical (unpaired) electrons. The molecule has 2 N–H and O–H groups in total. The molecule has 0 aliphatic carbocycles. The van der Waals surface area contributed by atoms with Gasteiger partial charge in [0.1, 0.15) is 4.88 Å². The number of carbonyl (C=O) groups excluding carboxylic acids is 1. The van der Waals surface area contributed by atoms with Crippen molar-refractivity contribution in [3.05, 3.63) is 35.5 Å². The van der Waals surface area contributed by atoms with E-state index in [-0.39, 0.29) is 4.88 Å². The maximum Gasteiger partial charge on any atom is 0.471 e. The fourth-order valence-electron chi connectivity index (χ4n) is 1.49. The maximum absolute atomic E-state index is 12.2. The summed E-state index contributed by atoms with van der Waals surface area (Å²) in [6.07, 6.45) is -2.15. The van der Waals surface area contributed by atoms with Crippen molar-refractivity contribution in [2.24, 2.45) is 0 Å². The highest BCUT2D eigenvalue weighted by Crippen LogP contribution is 2.35. The number of aromatic nitrogens is 1. The van der Waals surface area contributed by atoms with Crippen LogP contribution in [0.1, 0.15) is 9.67 Å². The first-order chi connectivity index (χ1) is 9.79. The number of anilines is 1. The van der Waals surface area contributed by atoms with Crippen molar-refractivity contribution in [2.45, 2.75) is 6.18 Å². The van der Waals surface area contributed by atoms with E-state index in [1.165, 1.54) is 18.5 Å². The van der Waals surface area contributed by atoms with Gasteiger partial charge in [-0.2, -0.15) is 13.2 Å². The standard InChI is InChI=1S/C12H7F3N2O3S/c13-12(14,15)11(20)17-7-4-8(21-9(7)10(18)19)6-2-1-3-16-5-6/h1-5H,(H,17,20)(H,18,19). The van der Waals surface area contributed by atoms with Gasteiger partial charge in [0.25, 0.3) is 0 Å². The van der Waals surface area contributed by atoms with Crippen molar-refractivity contribution in [1.82, 2.24) is 4.98 Å². The van der Waals surface area contributed by atoms with Crippen LogP contribution >= 0.6 is 11.3 Å². The summed E-state index contributed by atoms with van der Waals surface area (Å²) in [5, 5.41) is 10.6. The number of rotatable bonds is 3. The third-order valence-corrected chi connectivity index (χ3v) is 3.55. The Kier molecular flexibility index (Phi) is 3.94. The summed E-state index contributed by atoms with van der Waals surface area (Å²) in [4.78, 5) is 25.8. The quantitative estimate of drug-likeness (QED) is 0.912. The number of carboxylic acid groups (broad SMARTS) is 1. The number of alkyl halides is 3. The topological polar surface area (TPSA) is 79.3 Å². The van der Waals surface area contributed by atoms with Gasteiger partial charge in [0, 0.05) is 22.8 Å². The predicted molar refractivity (Wildman–Crippen MR) is 69.2 cm³/mol. The monoisotopic (exact) mass is 316 g/mol. The molecule has 2 aromatic rings. The fourth-order valence-corrected chi connectivity index (χ4v) is 2.43. The molecule has 0 aromatic carbocycles. The molecule has 2 aromatic heterocycles. The number of halogens is 3. The molecule has 9 heteroatoms. The van der Waals surface area contributed by atoms with Gasteiger partial charge in [-0.3, -0.25) is 9.78 Å². The van der Waals surface area contributed by atoms with E-state index >= 15 is 0 Å². The van der Waals surface area contributed by atoms with Gasteiger partial charge >= 0.3 is 18.1 Å². The minimum absolute atomic E-state index is 0.383. The predicted octanol–water partition coefficient (Wildman–Crippen LogP) is 3.01. The number of pyridine rings is 1. The molecule has 2 heterocycles. The molecule has 2 rings (SSSR count). The van der Waals surface area contributed by atoms with Crippen LogP contribution in [0.2, 0.25) is 0 Å². The van der Waals surface area contributed by atoms with Gasteiger partial charge in [-0.15, -0.1) is 11.3 Å². The van der Waals surface area contributed by atoms with Gasteiger partial charge in [-0.05, 0) is 12.1 Å². The first-order valence-electron chi connectivity index (χ1n) is 5.44. The summed E-state index contributed by atoms with van der Waals surface area (Å²) in [6.45, 7) is 0. The average molecular weight is 316 g/mol.